The normalized spacial score (nSPS) is 27.2. The predicted octanol–water partition coefficient (Wildman–Crippen LogP) is 3.34. The standard InChI is InChI=1S/C17H26ClNO2/c1-16(2)14(15(20)17(3,4)21-16)11-19(5)10-12-7-6-8-13(18)9-12/h6-9,14-15,20H,10-11H2,1-5H3. The van der Waals surface area contributed by atoms with Crippen LogP contribution in [-0.4, -0.2) is 40.9 Å². The van der Waals surface area contributed by atoms with Crippen LogP contribution in [0.25, 0.3) is 0 Å². The average Bonchev–Trinajstić information content (AvgIpc) is 2.47. The van der Waals surface area contributed by atoms with Crippen molar-refractivity contribution in [1.29, 1.82) is 0 Å². The Labute approximate surface area is 132 Å². The molecule has 2 atom stereocenters. The van der Waals surface area contributed by atoms with Crippen LogP contribution in [0.4, 0.5) is 0 Å². The highest BCUT2D eigenvalue weighted by Crippen LogP contribution is 2.42. The lowest BCUT2D eigenvalue weighted by Gasteiger charge is -2.30. The number of rotatable bonds is 4. The number of aliphatic hydroxyl groups excluding tert-OH is 1. The molecule has 0 saturated carbocycles. The minimum atomic E-state index is -0.495. The minimum Gasteiger partial charge on any atom is -0.390 e. The Balaban J connectivity index is 2.04. The summed E-state index contributed by atoms with van der Waals surface area (Å²) in [6.07, 6.45) is -0.464. The van der Waals surface area contributed by atoms with Crippen LogP contribution in [0.5, 0.6) is 0 Å². The molecule has 2 rings (SSSR count). The summed E-state index contributed by atoms with van der Waals surface area (Å²) in [6, 6.07) is 7.89. The van der Waals surface area contributed by atoms with Crippen molar-refractivity contribution < 1.29 is 9.84 Å². The second kappa shape index (κ2) is 5.88. The van der Waals surface area contributed by atoms with E-state index in [0.717, 1.165) is 18.1 Å². The average molecular weight is 312 g/mol. The van der Waals surface area contributed by atoms with E-state index in [2.05, 4.69) is 31.9 Å². The van der Waals surface area contributed by atoms with Gasteiger partial charge in [-0.25, -0.2) is 0 Å². The van der Waals surface area contributed by atoms with Crippen molar-refractivity contribution in [3.05, 3.63) is 34.9 Å². The van der Waals surface area contributed by atoms with Crippen LogP contribution in [-0.2, 0) is 11.3 Å². The van der Waals surface area contributed by atoms with Crippen LogP contribution in [0.3, 0.4) is 0 Å². The first-order valence-corrected chi connectivity index (χ1v) is 7.81. The number of nitrogens with zero attached hydrogens (tertiary/aromatic N) is 1. The third-order valence-corrected chi connectivity index (χ3v) is 4.60. The third kappa shape index (κ3) is 3.78. The van der Waals surface area contributed by atoms with Gasteiger partial charge in [0.05, 0.1) is 17.3 Å². The van der Waals surface area contributed by atoms with Gasteiger partial charge >= 0.3 is 0 Å². The number of benzene rings is 1. The minimum absolute atomic E-state index is 0.0803. The summed E-state index contributed by atoms with van der Waals surface area (Å²) in [5.41, 5.74) is 0.354. The van der Waals surface area contributed by atoms with Gasteiger partial charge in [-0.3, -0.25) is 0 Å². The first-order valence-electron chi connectivity index (χ1n) is 7.43. The number of hydrogen-bond acceptors (Lipinski definition) is 3. The van der Waals surface area contributed by atoms with Crippen molar-refractivity contribution in [3.63, 3.8) is 0 Å². The molecule has 1 fully saturated rings. The van der Waals surface area contributed by atoms with Gasteiger partial charge in [-0.05, 0) is 52.4 Å². The SMILES string of the molecule is CN(Cc1cccc(Cl)c1)CC1C(O)C(C)(C)OC1(C)C. The van der Waals surface area contributed by atoms with Crippen LogP contribution < -0.4 is 0 Å². The van der Waals surface area contributed by atoms with Gasteiger partial charge in [0, 0.05) is 24.0 Å². The molecule has 1 saturated heterocycles. The molecule has 21 heavy (non-hydrogen) atoms. The van der Waals surface area contributed by atoms with E-state index in [4.69, 9.17) is 16.3 Å². The van der Waals surface area contributed by atoms with Gasteiger partial charge in [-0.2, -0.15) is 0 Å². The highest BCUT2D eigenvalue weighted by Gasteiger charge is 2.53. The molecule has 4 heteroatoms. The Hall–Kier alpha value is -0.610. The van der Waals surface area contributed by atoms with Gasteiger partial charge in [0.15, 0.2) is 0 Å². The smallest absolute Gasteiger partial charge is 0.0896 e. The molecule has 0 spiro atoms. The lowest BCUT2D eigenvalue weighted by atomic mass is 9.84. The molecule has 0 bridgehead atoms. The highest BCUT2D eigenvalue weighted by molar-refractivity contribution is 6.30. The molecule has 1 aromatic rings. The zero-order chi connectivity index (χ0) is 15.8. The second-order valence-corrected chi connectivity index (χ2v) is 7.62. The topological polar surface area (TPSA) is 32.7 Å². The summed E-state index contributed by atoms with van der Waals surface area (Å²) in [7, 11) is 2.06. The van der Waals surface area contributed by atoms with Crippen LogP contribution in [0.1, 0.15) is 33.3 Å². The summed E-state index contributed by atoms with van der Waals surface area (Å²) < 4.78 is 6.03. The summed E-state index contributed by atoms with van der Waals surface area (Å²) >= 11 is 6.03. The quantitative estimate of drug-likeness (QED) is 0.925. The molecule has 3 nitrogen and oxygen atoms in total. The third-order valence-electron chi connectivity index (χ3n) is 4.36. The Morgan fingerprint density at radius 1 is 1.24 bits per heavy atom. The zero-order valence-electron chi connectivity index (χ0n) is 13.6. The maximum Gasteiger partial charge on any atom is 0.0896 e. The van der Waals surface area contributed by atoms with E-state index >= 15 is 0 Å². The van der Waals surface area contributed by atoms with E-state index in [1.165, 1.54) is 5.56 Å². The van der Waals surface area contributed by atoms with Gasteiger partial charge < -0.3 is 14.7 Å². The lowest BCUT2D eigenvalue weighted by Crippen LogP contribution is -2.42. The molecule has 0 radical (unpaired) electrons. The Bertz CT molecular complexity index is 501. The summed E-state index contributed by atoms with van der Waals surface area (Å²) in [4.78, 5) is 2.21. The largest absolute Gasteiger partial charge is 0.390 e. The summed E-state index contributed by atoms with van der Waals surface area (Å²) in [5, 5.41) is 11.3. The molecule has 0 aliphatic carbocycles. The fourth-order valence-corrected chi connectivity index (χ4v) is 3.56. The molecule has 1 aromatic carbocycles. The van der Waals surface area contributed by atoms with Crippen molar-refractivity contribution in [2.75, 3.05) is 13.6 Å². The van der Waals surface area contributed by atoms with Gasteiger partial charge in [-0.15, -0.1) is 0 Å². The maximum absolute atomic E-state index is 10.5. The van der Waals surface area contributed by atoms with Crippen molar-refractivity contribution in [1.82, 2.24) is 4.90 Å². The first kappa shape index (κ1) is 16.8. The number of halogens is 1. The van der Waals surface area contributed by atoms with E-state index in [-0.39, 0.29) is 11.5 Å². The molecule has 0 amide bonds. The van der Waals surface area contributed by atoms with Crippen LogP contribution in [0, 0.1) is 5.92 Å². The van der Waals surface area contributed by atoms with Crippen molar-refractivity contribution in [2.45, 2.75) is 51.5 Å². The number of ether oxygens (including phenoxy) is 1. The fraction of sp³-hybridized carbons (Fsp3) is 0.647. The van der Waals surface area contributed by atoms with Gasteiger partial charge in [0.25, 0.3) is 0 Å². The molecule has 1 heterocycles. The van der Waals surface area contributed by atoms with Crippen LogP contribution >= 0.6 is 11.6 Å². The molecular formula is C17H26ClNO2. The molecule has 1 N–H and O–H groups in total. The maximum atomic E-state index is 10.5. The lowest BCUT2D eigenvalue weighted by molar-refractivity contribution is -0.0912. The second-order valence-electron chi connectivity index (χ2n) is 7.19. The zero-order valence-corrected chi connectivity index (χ0v) is 14.3. The number of hydrogen-bond donors (Lipinski definition) is 1. The first-order chi connectivity index (χ1) is 9.62. The van der Waals surface area contributed by atoms with E-state index < -0.39 is 11.7 Å². The monoisotopic (exact) mass is 311 g/mol. The molecule has 1 aliphatic heterocycles. The van der Waals surface area contributed by atoms with E-state index in [9.17, 15) is 5.11 Å². The van der Waals surface area contributed by atoms with E-state index in [1.54, 1.807) is 0 Å². The number of aliphatic hydroxyl groups is 1. The van der Waals surface area contributed by atoms with Crippen LogP contribution in [0.2, 0.25) is 5.02 Å². The molecule has 1 aliphatic rings. The van der Waals surface area contributed by atoms with Crippen molar-refractivity contribution in [3.8, 4) is 0 Å². The van der Waals surface area contributed by atoms with Gasteiger partial charge in [-0.1, -0.05) is 23.7 Å². The molecule has 118 valence electrons. The molecular weight excluding hydrogens is 286 g/mol. The summed E-state index contributed by atoms with van der Waals surface area (Å²) in [6.45, 7) is 9.61. The van der Waals surface area contributed by atoms with Crippen LogP contribution in [0.15, 0.2) is 24.3 Å². The Morgan fingerprint density at radius 3 is 2.43 bits per heavy atom. The fourth-order valence-electron chi connectivity index (χ4n) is 3.35. The van der Waals surface area contributed by atoms with Crippen molar-refractivity contribution >= 4 is 11.6 Å². The summed E-state index contributed by atoms with van der Waals surface area (Å²) in [5.74, 6) is 0.0803. The van der Waals surface area contributed by atoms with Crippen molar-refractivity contribution in [2.24, 2.45) is 5.92 Å². The van der Waals surface area contributed by atoms with Gasteiger partial charge in [0.2, 0.25) is 0 Å². The van der Waals surface area contributed by atoms with E-state index in [1.807, 2.05) is 32.0 Å². The molecule has 0 aromatic heterocycles. The van der Waals surface area contributed by atoms with E-state index in [0.29, 0.717) is 0 Å². The highest BCUT2D eigenvalue weighted by atomic mass is 35.5. The molecule has 2 unspecified atom stereocenters. The Morgan fingerprint density at radius 2 is 1.90 bits per heavy atom. The Kier molecular flexibility index (Phi) is 4.69. The predicted molar refractivity (Wildman–Crippen MR) is 86.5 cm³/mol. The van der Waals surface area contributed by atoms with Gasteiger partial charge in [0.1, 0.15) is 0 Å².